The summed E-state index contributed by atoms with van der Waals surface area (Å²) in [5.41, 5.74) is -0.450. The Labute approximate surface area is 136 Å². The van der Waals surface area contributed by atoms with Crippen molar-refractivity contribution in [2.45, 2.75) is 55.8 Å². The lowest BCUT2D eigenvalue weighted by Gasteiger charge is -2.16. The van der Waals surface area contributed by atoms with E-state index in [0.29, 0.717) is 5.56 Å². The van der Waals surface area contributed by atoms with E-state index in [9.17, 15) is 22.2 Å². The summed E-state index contributed by atoms with van der Waals surface area (Å²) < 4.78 is 50.3. The van der Waals surface area contributed by atoms with Crippen LogP contribution < -0.4 is 5.32 Å². The first kappa shape index (κ1) is 18.0. The van der Waals surface area contributed by atoms with Gasteiger partial charge in [-0.3, -0.25) is 9.00 Å². The first-order valence-corrected chi connectivity index (χ1v) is 8.99. The third kappa shape index (κ3) is 5.06. The number of carbonyl (C=O) groups excluding carboxylic acids is 1. The Balaban J connectivity index is 1.96. The van der Waals surface area contributed by atoms with Crippen LogP contribution in [0.1, 0.15) is 43.7 Å². The first-order valence-electron chi connectivity index (χ1n) is 7.61. The van der Waals surface area contributed by atoms with Gasteiger partial charge in [0.05, 0.1) is 5.56 Å². The Morgan fingerprint density at radius 3 is 2.61 bits per heavy atom. The van der Waals surface area contributed by atoms with Gasteiger partial charge in [0, 0.05) is 22.6 Å². The standard InChI is InChI=1S/C16H20F3NO2S/c1-11(15(21)20-14-7-2-3-8-14)23(22)10-12-5-4-6-13(9-12)16(17,18)19/h4-6,9,11,14H,2-3,7-8,10H2,1H3,(H,20,21)/t11-,23+/m0/s1. The van der Waals surface area contributed by atoms with E-state index >= 15 is 0 Å². The molecule has 2 rings (SSSR count). The molecule has 0 aliphatic heterocycles. The zero-order chi connectivity index (χ0) is 17.0. The molecule has 1 fully saturated rings. The fraction of sp³-hybridized carbons (Fsp3) is 0.562. The maximum atomic E-state index is 12.7. The Bertz CT molecular complexity index is 583. The molecule has 1 aromatic rings. The van der Waals surface area contributed by atoms with E-state index in [4.69, 9.17) is 0 Å². The summed E-state index contributed by atoms with van der Waals surface area (Å²) in [5, 5.41) is 2.12. The molecule has 0 bridgehead atoms. The van der Waals surface area contributed by atoms with E-state index in [1.165, 1.54) is 12.1 Å². The molecule has 23 heavy (non-hydrogen) atoms. The molecule has 0 unspecified atom stereocenters. The Morgan fingerprint density at radius 2 is 2.00 bits per heavy atom. The minimum absolute atomic E-state index is 0.0663. The SMILES string of the molecule is C[C@@H](C(=O)NC1CCCC1)[S@](=O)Cc1cccc(C(F)(F)F)c1. The fourth-order valence-corrected chi connectivity index (χ4v) is 3.70. The molecular weight excluding hydrogens is 327 g/mol. The number of hydrogen-bond acceptors (Lipinski definition) is 2. The van der Waals surface area contributed by atoms with Crippen molar-refractivity contribution in [1.82, 2.24) is 5.32 Å². The van der Waals surface area contributed by atoms with Gasteiger partial charge in [-0.25, -0.2) is 0 Å². The van der Waals surface area contributed by atoms with Gasteiger partial charge in [-0.2, -0.15) is 13.2 Å². The minimum Gasteiger partial charge on any atom is -0.352 e. The molecule has 3 nitrogen and oxygen atoms in total. The molecule has 1 N–H and O–H groups in total. The van der Waals surface area contributed by atoms with Gasteiger partial charge < -0.3 is 5.32 Å². The van der Waals surface area contributed by atoms with E-state index in [-0.39, 0.29) is 17.7 Å². The van der Waals surface area contributed by atoms with Crippen molar-refractivity contribution in [2.75, 3.05) is 0 Å². The number of hydrogen-bond donors (Lipinski definition) is 1. The zero-order valence-electron chi connectivity index (χ0n) is 12.9. The predicted molar refractivity (Wildman–Crippen MR) is 83.2 cm³/mol. The van der Waals surface area contributed by atoms with E-state index in [1.54, 1.807) is 6.92 Å². The normalized spacial score (nSPS) is 18.6. The van der Waals surface area contributed by atoms with Crippen LogP contribution in [0.15, 0.2) is 24.3 Å². The molecule has 1 amide bonds. The molecule has 1 aliphatic rings. The van der Waals surface area contributed by atoms with Crippen LogP contribution in [-0.4, -0.2) is 21.4 Å². The van der Waals surface area contributed by atoms with Gasteiger partial charge in [-0.05, 0) is 31.4 Å². The highest BCUT2D eigenvalue weighted by molar-refractivity contribution is 7.85. The molecule has 2 atom stereocenters. The minimum atomic E-state index is -4.43. The van der Waals surface area contributed by atoms with Crippen LogP contribution in [-0.2, 0) is 27.5 Å². The van der Waals surface area contributed by atoms with Crippen molar-refractivity contribution in [2.24, 2.45) is 0 Å². The predicted octanol–water partition coefficient (Wildman–Crippen LogP) is 3.40. The summed E-state index contributed by atoms with van der Waals surface area (Å²) in [4.78, 5) is 12.1. The number of halogens is 3. The summed E-state index contributed by atoms with van der Waals surface area (Å²) in [6, 6.07) is 4.88. The smallest absolute Gasteiger partial charge is 0.352 e. The molecule has 1 aliphatic carbocycles. The summed E-state index contributed by atoms with van der Waals surface area (Å²) in [6.07, 6.45) is -0.417. The molecular formula is C16H20F3NO2S. The molecule has 128 valence electrons. The summed E-state index contributed by atoms with van der Waals surface area (Å²) in [7, 11) is -1.56. The number of rotatable bonds is 5. The van der Waals surface area contributed by atoms with Gasteiger partial charge in [0.1, 0.15) is 5.25 Å². The van der Waals surface area contributed by atoms with E-state index in [1.807, 2.05) is 0 Å². The van der Waals surface area contributed by atoms with E-state index < -0.39 is 27.8 Å². The van der Waals surface area contributed by atoms with Crippen LogP contribution in [0.4, 0.5) is 13.2 Å². The van der Waals surface area contributed by atoms with Crippen molar-refractivity contribution >= 4 is 16.7 Å². The van der Waals surface area contributed by atoms with Crippen LogP contribution in [0.3, 0.4) is 0 Å². The highest BCUT2D eigenvalue weighted by Gasteiger charge is 2.31. The molecule has 0 heterocycles. The second kappa shape index (κ2) is 7.47. The van der Waals surface area contributed by atoms with E-state index in [2.05, 4.69) is 5.32 Å². The third-order valence-electron chi connectivity index (χ3n) is 4.03. The van der Waals surface area contributed by atoms with Gasteiger partial charge >= 0.3 is 6.18 Å². The fourth-order valence-electron chi connectivity index (χ4n) is 2.63. The van der Waals surface area contributed by atoms with Crippen LogP contribution in [0.2, 0.25) is 0 Å². The lowest BCUT2D eigenvalue weighted by Crippen LogP contribution is -2.40. The Hall–Kier alpha value is -1.37. The number of benzene rings is 1. The zero-order valence-corrected chi connectivity index (χ0v) is 13.7. The molecule has 0 spiro atoms. The summed E-state index contributed by atoms with van der Waals surface area (Å²) in [6.45, 7) is 1.55. The van der Waals surface area contributed by atoms with Crippen LogP contribution >= 0.6 is 0 Å². The van der Waals surface area contributed by atoms with Gasteiger partial charge in [0.15, 0.2) is 0 Å². The first-order chi connectivity index (χ1) is 10.8. The summed E-state index contributed by atoms with van der Waals surface area (Å²) >= 11 is 0. The van der Waals surface area contributed by atoms with Gasteiger partial charge in [0.25, 0.3) is 0 Å². The van der Waals surface area contributed by atoms with Crippen molar-refractivity contribution in [1.29, 1.82) is 0 Å². The monoisotopic (exact) mass is 347 g/mol. The molecule has 1 aromatic carbocycles. The van der Waals surface area contributed by atoms with Crippen molar-refractivity contribution in [3.05, 3.63) is 35.4 Å². The lowest BCUT2D eigenvalue weighted by molar-refractivity contribution is -0.137. The molecule has 1 saturated carbocycles. The molecule has 7 heteroatoms. The van der Waals surface area contributed by atoms with Crippen molar-refractivity contribution in [3.63, 3.8) is 0 Å². The Kier molecular flexibility index (Phi) is 5.84. The van der Waals surface area contributed by atoms with Crippen LogP contribution in [0.25, 0.3) is 0 Å². The third-order valence-corrected chi connectivity index (χ3v) is 5.65. The quantitative estimate of drug-likeness (QED) is 0.887. The average Bonchev–Trinajstić information content (AvgIpc) is 2.98. The van der Waals surface area contributed by atoms with Gasteiger partial charge in [-0.15, -0.1) is 0 Å². The van der Waals surface area contributed by atoms with Gasteiger partial charge in [-0.1, -0.05) is 31.0 Å². The Morgan fingerprint density at radius 1 is 1.35 bits per heavy atom. The van der Waals surface area contributed by atoms with Crippen LogP contribution in [0.5, 0.6) is 0 Å². The van der Waals surface area contributed by atoms with Crippen molar-refractivity contribution in [3.8, 4) is 0 Å². The molecule has 0 radical (unpaired) electrons. The molecule has 0 saturated heterocycles. The second-order valence-electron chi connectivity index (χ2n) is 5.86. The number of carbonyl (C=O) groups is 1. The maximum Gasteiger partial charge on any atom is 0.416 e. The van der Waals surface area contributed by atoms with Crippen molar-refractivity contribution < 1.29 is 22.2 Å². The number of alkyl halides is 3. The maximum absolute atomic E-state index is 12.7. The number of amides is 1. The van der Waals surface area contributed by atoms with Crippen LogP contribution in [0, 0.1) is 0 Å². The van der Waals surface area contributed by atoms with Gasteiger partial charge in [0.2, 0.25) is 5.91 Å². The average molecular weight is 347 g/mol. The lowest BCUT2D eigenvalue weighted by atomic mass is 10.1. The second-order valence-corrected chi connectivity index (χ2v) is 7.61. The topological polar surface area (TPSA) is 46.2 Å². The largest absolute Gasteiger partial charge is 0.416 e. The highest BCUT2D eigenvalue weighted by Crippen LogP contribution is 2.29. The summed E-state index contributed by atoms with van der Waals surface area (Å²) in [5.74, 6) is -0.356. The highest BCUT2D eigenvalue weighted by atomic mass is 32.2. The number of nitrogens with one attached hydrogen (secondary N) is 1. The molecule has 0 aromatic heterocycles. The van der Waals surface area contributed by atoms with E-state index in [0.717, 1.165) is 37.8 Å².